The van der Waals surface area contributed by atoms with Crippen LogP contribution in [0.3, 0.4) is 0 Å². The maximum absolute atomic E-state index is 14.3. The number of fused-ring (bicyclic) bond motifs is 3. The minimum Gasteiger partial charge on any atom is -0.456 e. The Labute approximate surface area is 339 Å². The van der Waals surface area contributed by atoms with Gasteiger partial charge in [-0.05, 0) is 101 Å². The number of hydrogen-bond donors (Lipinski definition) is 4. The Kier molecular flexibility index (Phi) is 17.1. The molecule has 0 aromatic carbocycles. The van der Waals surface area contributed by atoms with E-state index in [1.165, 1.54) is 4.90 Å². The van der Waals surface area contributed by atoms with Gasteiger partial charge >= 0.3 is 5.97 Å². The van der Waals surface area contributed by atoms with Gasteiger partial charge < -0.3 is 44.3 Å². The Morgan fingerprint density at radius 3 is 2.25 bits per heavy atom. The Bertz CT molecular complexity index is 1460. The highest BCUT2D eigenvalue weighted by molar-refractivity contribution is 6.39. The number of aliphatic hydroxyl groups is 4. The monoisotopic (exact) mass is 805 g/mol. The minimum atomic E-state index is -2.49. The lowest BCUT2D eigenvalue weighted by atomic mass is 9.77. The van der Waals surface area contributed by atoms with Crippen LogP contribution in [0.15, 0.2) is 23.3 Å². The average molecular weight is 806 g/mol. The van der Waals surface area contributed by atoms with E-state index in [9.17, 15) is 39.6 Å². The number of aliphatic hydroxyl groups excluding tert-OH is 3. The maximum atomic E-state index is 14.3. The summed E-state index contributed by atoms with van der Waals surface area (Å²) in [6.07, 6.45) is 2.91. The summed E-state index contributed by atoms with van der Waals surface area (Å²) in [5.74, 6) is -8.42. The smallest absolute Gasteiger partial charge is 0.329 e. The molecule has 2 saturated heterocycles. The second kappa shape index (κ2) is 20.6. The van der Waals surface area contributed by atoms with E-state index in [2.05, 4.69) is 0 Å². The van der Waals surface area contributed by atoms with Crippen LogP contribution in [0.2, 0.25) is 0 Å². The molecule has 4 N–H and O–H groups in total. The van der Waals surface area contributed by atoms with Crippen molar-refractivity contribution < 1.29 is 58.6 Å². The number of nitrogens with zero attached hydrogens (tertiary/aromatic N) is 1. The summed E-state index contributed by atoms with van der Waals surface area (Å²) in [7, 11) is 3.10. The number of allylic oxidation sites excluding steroid dienone is 2. The Balaban J connectivity index is 1.79. The fourth-order valence-electron chi connectivity index (χ4n) is 9.67. The lowest BCUT2D eigenvalue weighted by Gasteiger charge is -2.47. The fourth-order valence-corrected chi connectivity index (χ4v) is 9.67. The highest BCUT2D eigenvalue weighted by Gasteiger charge is 2.56. The minimum absolute atomic E-state index is 0.0167. The van der Waals surface area contributed by atoms with Crippen molar-refractivity contribution in [1.82, 2.24) is 4.90 Å². The first-order chi connectivity index (χ1) is 26.9. The van der Waals surface area contributed by atoms with Crippen molar-refractivity contribution in [3.63, 3.8) is 0 Å². The molecule has 4 rings (SSSR count). The summed E-state index contributed by atoms with van der Waals surface area (Å²) in [6.45, 7) is 12.8. The van der Waals surface area contributed by atoms with Crippen LogP contribution in [0.5, 0.6) is 0 Å². The molecular formula is C44H71NO12. The van der Waals surface area contributed by atoms with Gasteiger partial charge in [0.2, 0.25) is 5.79 Å². The number of amides is 1. The molecule has 13 heteroatoms. The maximum Gasteiger partial charge on any atom is 0.329 e. The predicted octanol–water partition coefficient (Wildman–Crippen LogP) is 4.45. The van der Waals surface area contributed by atoms with E-state index in [1.807, 2.05) is 26.8 Å². The number of esters is 1. The van der Waals surface area contributed by atoms with Gasteiger partial charge in [-0.3, -0.25) is 14.4 Å². The third kappa shape index (κ3) is 10.8. The van der Waals surface area contributed by atoms with Crippen LogP contribution in [0.25, 0.3) is 0 Å². The molecule has 3 aliphatic heterocycles. The lowest BCUT2D eigenvalue weighted by molar-refractivity contribution is -0.296. The third-order valence-electron chi connectivity index (χ3n) is 13.6. The van der Waals surface area contributed by atoms with Crippen LogP contribution in [0, 0.1) is 35.5 Å². The Morgan fingerprint density at radius 2 is 1.61 bits per heavy atom. The van der Waals surface area contributed by atoms with Crippen molar-refractivity contribution in [2.24, 2.45) is 35.5 Å². The number of ketones is 2. The van der Waals surface area contributed by atoms with Crippen LogP contribution in [0.1, 0.15) is 119 Å². The highest BCUT2D eigenvalue weighted by Crippen LogP contribution is 2.41. The first kappa shape index (κ1) is 47.2. The van der Waals surface area contributed by atoms with E-state index in [-0.39, 0.29) is 55.4 Å². The number of cyclic esters (lactones) is 1. The molecule has 1 saturated carbocycles. The molecule has 324 valence electrons. The van der Waals surface area contributed by atoms with Gasteiger partial charge in [0.05, 0.1) is 36.6 Å². The quantitative estimate of drug-likeness (QED) is 0.168. The number of piperidine rings is 1. The molecule has 15 atom stereocenters. The fraction of sp³-hybridized carbons (Fsp3) is 0.818. The summed E-state index contributed by atoms with van der Waals surface area (Å²) >= 11 is 0. The van der Waals surface area contributed by atoms with Crippen molar-refractivity contribution in [3.8, 4) is 0 Å². The molecule has 1 amide bonds. The molecule has 13 nitrogen and oxygen atoms in total. The first-order valence-corrected chi connectivity index (χ1v) is 21.4. The molecule has 57 heavy (non-hydrogen) atoms. The zero-order valence-electron chi connectivity index (χ0n) is 35.7. The molecular weight excluding hydrogens is 734 g/mol. The van der Waals surface area contributed by atoms with Gasteiger partial charge in [-0.15, -0.1) is 0 Å². The largest absolute Gasteiger partial charge is 0.456 e. The number of carbonyl (C=O) groups is 4. The number of ether oxygens (including phenoxy) is 4. The van der Waals surface area contributed by atoms with Crippen LogP contribution in [0.4, 0.5) is 0 Å². The normalized spacial score (nSPS) is 42.4. The summed E-state index contributed by atoms with van der Waals surface area (Å²) in [6, 6.07) is -1.14. The SMILES string of the molecule is CC[C@H]1C[C@@H](C)[C@H](O)/C(C)=C/[C@@H](CC)C(=O)C[C@H](O)[C@@H](C)[C@@H](/C(C)=C/[C@@H]2CC[C@@H](O)[C@H](OC)C2)OC(=O)[C@@H]2CCCCN2C(=O)C(=O)[C@]2(O)O[C@H]1[C@@H](OC)C[C@H]2C. The Morgan fingerprint density at radius 1 is 0.930 bits per heavy atom. The van der Waals surface area contributed by atoms with Crippen molar-refractivity contribution in [2.75, 3.05) is 20.8 Å². The predicted molar refractivity (Wildman–Crippen MR) is 212 cm³/mol. The van der Waals surface area contributed by atoms with E-state index < -0.39 is 83.9 Å². The van der Waals surface area contributed by atoms with Crippen LogP contribution in [-0.4, -0.2) is 124 Å². The van der Waals surface area contributed by atoms with Crippen LogP contribution >= 0.6 is 0 Å². The number of rotatable bonds is 6. The van der Waals surface area contributed by atoms with Gasteiger partial charge in [-0.2, -0.15) is 0 Å². The van der Waals surface area contributed by atoms with Crippen molar-refractivity contribution in [3.05, 3.63) is 23.3 Å². The molecule has 1 aliphatic carbocycles. The number of hydrogen-bond acceptors (Lipinski definition) is 12. The molecule has 0 spiro atoms. The molecule has 0 aromatic rings. The second-order valence-electron chi connectivity index (χ2n) is 17.6. The van der Waals surface area contributed by atoms with Crippen LogP contribution in [-0.2, 0) is 38.1 Å². The van der Waals surface area contributed by atoms with Crippen molar-refractivity contribution >= 4 is 23.4 Å². The lowest BCUT2D eigenvalue weighted by Crippen LogP contribution is -2.63. The summed E-state index contributed by atoms with van der Waals surface area (Å²) in [4.78, 5) is 57.8. The molecule has 0 aromatic heterocycles. The topological polar surface area (TPSA) is 189 Å². The highest BCUT2D eigenvalue weighted by atomic mass is 16.7. The molecule has 0 unspecified atom stereocenters. The van der Waals surface area contributed by atoms with Gasteiger partial charge in [0.1, 0.15) is 17.9 Å². The van der Waals surface area contributed by atoms with E-state index in [0.717, 1.165) is 0 Å². The van der Waals surface area contributed by atoms with E-state index >= 15 is 0 Å². The Hall–Kier alpha value is -2.52. The number of Topliss-reactive ketones (excluding diaryl/α,β-unsaturated/α-hetero) is 2. The average Bonchev–Trinajstić information content (AvgIpc) is 3.20. The molecule has 0 radical (unpaired) electrons. The van der Waals surface area contributed by atoms with E-state index in [0.29, 0.717) is 62.5 Å². The summed E-state index contributed by atoms with van der Waals surface area (Å²) in [5.41, 5.74) is 1.25. The number of carbonyl (C=O) groups excluding carboxylic acids is 4. The molecule has 3 heterocycles. The van der Waals surface area contributed by atoms with Crippen LogP contribution < -0.4 is 0 Å². The van der Waals surface area contributed by atoms with E-state index in [4.69, 9.17) is 18.9 Å². The van der Waals surface area contributed by atoms with Gasteiger partial charge in [0.15, 0.2) is 0 Å². The third-order valence-corrected chi connectivity index (χ3v) is 13.6. The second-order valence-corrected chi connectivity index (χ2v) is 17.6. The zero-order valence-corrected chi connectivity index (χ0v) is 35.7. The standard InChI is InChI=1S/C44H71NO12/c1-10-30-19-24(3)38(49)25(4)20-31(11-2)40-37(55-9)21-27(6)44(53,57-40)41(50)42(51)45-17-13-12-14-32(45)43(52)56-39(28(7)34(47)23-35(30)48)26(5)18-29-15-16-33(46)36(22-29)54-8/h18-19,25,27-34,36-40,46-47,49,53H,10-17,20-23H2,1-9H3/b24-19+,26-18+/t25-,27-,28-,29+,30-,31+,32+,33-,34+,36-,37+,38-,39-,40-,44-/m1/s1. The molecule has 2 bridgehead atoms. The molecule has 4 aliphatic rings. The summed E-state index contributed by atoms with van der Waals surface area (Å²) < 4.78 is 23.9. The van der Waals surface area contributed by atoms with Gasteiger partial charge in [0, 0.05) is 44.9 Å². The van der Waals surface area contributed by atoms with E-state index in [1.54, 1.807) is 48.0 Å². The summed E-state index contributed by atoms with van der Waals surface area (Å²) in [5, 5.41) is 45.7. The number of methoxy groups -OCH3 is 2. The van der Waals surface area contributed by atoms with Gasteiger partial charge in [-0.25, -0.2) is 4.79 Å². The first-order valence-electron chi connectivity index (χ1n) is 21.4. The van der Waals surface area contributed by atoms with Gasteiger partial charge in [-0.1, -0.05) is 53.2 Å². The molecule has 3 fully saturated rings. The zero-order chi connectivity index (χ0) is 42.4. The van der Waals surface area contributed by atoms with Crippen molar-refractivity contribution in [1.29, 1.82) is 0 Å². The van der Waals surface area contributed by atoms with Gasteiger partial charge in [0.25, 0.3) is 11.7 Å². The van der Waals surface area contributed by atoms with Crippen molar-refractivity contribution in [2.45, 2.75) is 174 Å².